The molecule has 0 amide bonds. The largest absolute Gasteiger partial charge is 0.396 e. The van der Waals surface area contributed by atoms with Crippen molar-refractivity contribution in [3.05, 3.63) is 41.5 Å². The van der Waals surface area contributed by atoms with Crippen molar-refractivity contribution in [2.45, 2.75) is 45.2 Å². The summed E-state index contributed by atoms with van der Waals surface area (Å²) in [5.74, 6) is 0. The lowest BCUT2D eigenvalue weighted by molar-refractivity contribution is 0.170. The standard InChI is InChI=1S/C17H25N5O/c1-2-14-3-4-15(18-11-14)12-21-8-5-17(6-9-21)22-13-16(7-10-23)19-20-22/h3-4,11,13,17,23H,2,5-10,12H2,1H3. The Kier molecular flexibility index (Phi) is 5.35. The van der Waals surface area contributed by atoms with Crippen LogP contribution in [0.4, 0.5) is 0 Å². The molecule has 1 aliphatic heterocycles. The second-order valence-electron chi connectivity index (χ2n) is 6.18. The summed E-state index contributed by atoms with van der Waals surface area (Å²) in [5, 5.41) is 17.3. The molecule has 1 fully saturated rings. The lowest BCUT2D eigenvalue weighted by atomic mass is 10.0. The molecule has 2 aromatic heterocycles. The highest BCUT2D eigenvalue weighted by Gasteiger charge is 2.21. The van der Waals surface area contributed by atoms with Gasteiger partial charge in [0.15, 0.2) is 0 Å². The molecule has 2 aromatic rings. The van der Waals surface area contributed by atoms with Gasteiger partial charge >= 0.3 is 0 Å². The molecular formula is C17H25N5O. The van der Waals surface area contributed by atoms with E-state index in [9.17, 15) is 0 Å². The summed E-state index contributed by atoms with van der Waals surface area (Å²) < 4.78 is 1.97. The second kappa shape index (κ2) is 7.66. The molecule has 0 aliphatic carbocycles. The SMILES string of the molecule is CCc1ccc(CN2CCC(n3cc(CCO)nn3)CC2)nc1. The van der Waals surface area contributed by atoms with Crippen LogP contribution >= 0.6 is 0 Å². The van der Waals surface area contributed by atoms with Crippen molar-refractivity contribution in [2.24, 2.45) is 0 Å². The first-order chi connectivity index (χ1) is 11.3. The molecule has 6 nitrogen and oxygen atoms in total. The highest BCUT2D eigenvalue weighted by Crippen LogP contribution is 2.22. The summed E-state index contributed by atoms with van der Waals surface area (Å²) in [6.07, 6.45) is 7.73. The van der Waals surface area contributed by atoms with Crippen LogP contribution in [0.5, 0.6) is 0 Å². The Hall–Kier alpha value is -1.79. The Morgan fingerprint density at radius 2 is 2.04 bits per heavy atom. The topological polar surface area (TPSA) is 67.1 Å². The van der Waals surface area contributed by atoms with Gasteiger partial charge in [0.1, 0.15) is 0 Å². The predicted octanol–water partition coefficient (Wildman–Crippen LogP) is 1.61. The van der Waals surface area contributed by atoms with E-state index in [0.29, 0.717) is 12.5 Å². The molecule has 0 bridgehead atoms. The number of aromatic nitrogens is 4. The summed E-state index contributed by atoms with van der Waals surface area (Å²) in [4.78, 5) is 7.01. The van der Waals surface area contributed by atoms with Crippen LogP contribution in [0.2, 0.25) is 0 Å². The van der Waals surface area contributed by atoms with Crippen LogP contribution in [0.3, 0.4) is 0 Å². The number of piperidine rings is 1. The van der Waals surface area contributed by atoms with E-state index in [1.165, 1.54) is 5.56 Å². The molecule has 0 radical (unpaired) electrons. The second-order valence-corrected chi connectivity index (χ2v) is 6.18. The summed E-state index contributed by atoms with van der Waals surface area (Å²) in [5.41, 5.74) is 3.30. The highest BCUT2D eigenvalue weighted by molar-refractivity contribution is 5.13. The fourth-order valence-electron chi connectivity index (χ4n) is 3.05. The number of hydrogen-bond acceptors (Lipinski definition) is 5. The molecular weight excluding hydrogens is 290 g/mol. The number of aliphatic hydroxyl groups excluding tert-OH is 1. The maximum absolute atomic E-state index is 8.96. The highest BCUT2D eigenvalue weighted by atomic mass is 16.3. The molecule has 6 heteroatoms. The maximum Gasteiger partial charge on any atom is 0.0850 e. The number of pyridine rings is 1. The van der Waals surface area contributed by atoms with E-state index in [2.05, 4.69) is 39.3 Å². The molecule has 3 rings (SSSR count). The van der Waals surface area contributed by atoms with Crippen molar-refractivity contribution in [1.82, 2.24) is 24.9 Å². The summed E-state index contributed by atoms with van der Waals surface area (Å²) in [6.45, 7) is 5.30. The molecule has 1 saturated heterocycles. The van der Waals surface area contributed by atoms with E-state index >= 15 is 0 Å². The van der Waals surface area contributed by atoms with Crippen molar-refractivity contribution in [3.63, 3.8) is 0 Å². The Morgan fingerprint density at radius 1 is 1.22 bits per heavy atom. The molecule has 0 atom stereocenters. The maximum atomic E-state index is 8.96. The normalized spacial score (nSPS) is 16.8. The van der Waals surface area contributed by atoms with Crippen LogP contribution in [0, 0.1) is 0 Å². The predicted molar refractivity (Wildman–Crippen MR) is 88.0 cm³/mol. The monoisotopic (exact) mass is 315 g/mol. The molecule has 0 unspecified atom stereocenters. The lowest BCUT2D eigenvalue weighted by Crippen LogP contribution is -2.34. The van der Waals surface area contributed by atoms with Crippen LogP contribution in [0.25, 0.3) is 0 Å². The third-order valence-electron chi connectivity index (χ3n) is 4.54. The van der Waals surface area contributed by atoms with Gasteiger partial charge in [-0.05, 0) is 30.9 Å². The Balaban J connectivity index is 1.51. The average molecular weight is 315 g/mol. The fourth-order valence-corrected chi connectivity index (χ4v) is 3.05. The summed E-state index contributed by atoms with van der Waals surface area (Å²) in [6, 6.07) is 4.73. The van der Waals surface area contributed by atoms with Crippen LogP contribution in [-0.4, -0.2) is 49.7 Å². The Labute approximate surface area is 137 Å². The zero-order valence-electron chi connectivity index (χ0n) is 13.7. The third kappa shape index (κ3) is 4.14. The number of rotatable bonds is 6. The van der Waals surface area contributed by atoms with E-state index in [1.807, 2.05) is 17.1 Å². The van der Waals surface area contributed by atoms with E-state index in [0.717, 1.165) is 50.3 Å². The van der Waals surface area contributed by atoms with Crippen molar-refractivity contribution in [3.8, 4) is 0 Å². The zero-order chi connectivity index (χ0) is 16.1. The van der Waals surface area contributed by atoms with Crippen LogP contribution in [0.15, 0.2) is 24.5 Å². The molecule has 0 aromatic carbocycles. The number of nitrogens with zero attached hydrogens (tertiary/aromatic N) is 5. The molecule has 0 spiro atoms. The smallest absolute Gasteiger partial charge is 0.0850 e. The first kappa shape index (κ1) is 16.1. The van der Waals surface area contributed by atoms with Gasteiger partial charge in [-0.2, -0.15) is 0 Å². The minimum absolute atomic E-state index is 0.126. The van der Waals surface area contributed by atoms with Crippen LogP contribution < -0.4 is 0 Å². The zero-order valence-corrected chi connectivity index (χ0v) is 13.7. The minimum Gasteiger partial charge on any atom is -0.396 e. The van der Waals surface area contributed by atoms with E-state index < -0.39 is 0 Å². The third-order valence-corrected chi connectivity index (χ3v) is 4.54. The minimum atomic E-state index is 0.126. The molecule has 1 N–H and O–H groups in total. The van der Waals surface area contributed by atoms with Crippen molar-refractivity contribution in [1.29, 1.82) is 0 Å². The number of aryl methyl sites for hydroxylation is 1. The summed E-state index contributed by atoms with van der Waals surface area (Å²) in [7, 11) is 0. The van der Waals surface area contributed by atoms with Gasteiger partial charge in [0.25, 0.3) is 0 Å². The molecule has 0 saturated carbocycles. The van der Waals surface area contributed by atoms with Gasteiger partial charge in [-0.1, -0.05) is 18.2 Å². The molecule has 3 heterocycles. The Bertz CT molecular complexity index is 602. The van der Waals surface area contributed by atoms with Gasteiger partial charge in [0.05, 0.1) is 17.4 Å². The average Bonchev–Trinajstić information content (AvgIpc) is 3.05. The first-order valence-corrected chi connectivity index (χ1v) is 8.46. The van der Waals surface area contributed by atoms with Gasteiger partial charge in [-0.3, -0.25) is 9.88 Å². The van der Waals surface area contributed by atoms with Crippen molar-refractivity contribution in [2.75, 3.05) is 19.7 Å². The number of aliphatic hydroxyl groups is 1. The number of likely N-dealkylation sites (tertiary alicyclic amines) is 1. The van der Waals surface area contributed by atoms with Crippen molar-refractivity contribution >= 4 is 0 Å². The molecule has 124 valence electrons. The molecule has 1 aliphatic rings. The Morgan fingerprint density at radius 3 is 2.70 bits per heavy atom. The lowest BCUT2D eigenvalue weighted by Gasteiger charge is -2.31. The van der Waals surface area contributed by atoms with E-state index in [1.54, 1.807) is 0 Å². The van der Waals surface area contributed by atoms with Gasteiger partial charge in [-0.25, -0.2) is 4.68 Å². The molecule has 23 heavy (non-hydrogen) atoms. The van der Waals surface area contributed by atoms with Gasteiger partial charge < -0.3 is 5.11 Å². The van der Waals surface area contributed by atoms with Crippen LogP contribution in [0.1, 0.15) is 42.8 Å². The van der Waals surface area contributed by atoms with Gasteiger partial charge in [0, 0.05) is 45.1 Å². The summed E-state index contributed by atoms with van der Waals surface area (Å²) >= 11 is 0. The van der Waals surface area contributed by atoms with E-state index in [4.69, 9.17) is 5.11 Å². The van der Waals surface area contributed by atoms with E-state index in [-0.39, 0.29) is 6.61 Å². The fraction of sp³-hybridized carbons (Fsp3) is 0.588. The first-order valence-electron chi connectivity index (χ1n) is 8.46. The quantitative estimate of drug-likeness (QED) is 0.877. The number of hydrogen-bond donors (Lipinski definition) is 1. The van der Waals surface area contributed by atoms with Crippen molar-refractivity contribution < 1.29 is 5.11 Å². The van der Waals surface area contributed by atoms with Crippen LogP contribution in [-0.2, 0) is 19.4 Å². The van der Waals surface area contributed by atoms with Gasteiger partial charge in [0.2, 0.25) is 0 Å². The van der Waals surface area contributed by atoms with Gasteiger partial charge in [-0.15, -0.1) is 5.10 Å².